The van der Waals surface area contributed by atoms with Gasteiger partial charge in [0.2, 0.25) is 11.8 Å². The minimum absolute atomic E-state index is 0.113. The molecular weight excluding hydrogens is 486 g/mol. The predicted molar refractivity (Wildman–Crippen MR) is 123 cm³/mol. The monoisotopic (exact) mass is 505 g/mol. The van der Waals surface area contributed by atoms with Crippen molar-refractivity contribution in [2.45, 2.75) is 6.42 Å². The molecular formula is C22H21BrClN3O4. The second-order valence-corrected chi connectivity index (χ2v) is 8.22. The molecule has 0 spiro atoms. The highest BCUT2D eigenvalue weighted by molar-refractivity contribution is 9.10. The van der Waals surface area contributed by atoms with Gasteiger partial charge in [0.05, 0.1) is 16.6 Å². The molecule has 0 radical (unpaired) electrons. The molecule has 31 heavy (non-hydrogen) atoms. The van der Waals surface area contributed by atoms with Crippen molar-refractivity contribution in [2.24, 2.45) is 5.92 Å². The average Bonchev–Trinajstić information content (AvgIpc) is 3.14. The van der Waals surface area contributed by atoms with Crippen LogP contribution in [0.1, 0.15) is 6.42 Å². The zero-order valence-corrected chi connectivity index (χ0v) is 18.9. The fourth-order valence-electron chi connectivity index (χ4n) is 3.10. The molecule has 2 aromatic carbocycles. The summed E-state index contributed by atoms with van der Waals surface area (Å²) in [6.45, 7) is 4.06. The Labute approximate surface area is 193 Å². The number of anilines is 2. The lowest BCUT2D eigenvalue weighted by atomic mass is 10.1. The minimum Gasteiger partial charge on any atom is -0.484 e. The normalized spacial score (nSPS) is 15.5. The minimum atomic E-state index is -0.391. The maximum absolute atomic E-state index is 12.3. The number of halogens is 2. The average molecular weight is 507 g/mol. The van der Waals surface area contributed by atoms with Gasteiger partial charge < -0.3 is 20.3 Å². The van der Waals surface area contributed by atoms with E-state index in [1.165, 1.54) is 0 Å². The van der Waals surface area contributed by atoms with Crippen LogP contribution in [0.2, 0.25) is 5.02 Å². The van der Waals surface area contributed by atoms with Gasteiger partial charge in [-0.1, -0.05) is 33.6 Å². The van der Waals surface area contributed by atoms with Crippen molar-refractivity contribution < 1.29 is 19.1 Å². The van der Waals surface area contributed by atoms with Crippen LogP contribution in [0.4, 0.5) is 11.4 Å². The molecule has 1 atom stereocenters. The Bertz CT molecular complexity index is 997. The number of ether oxygens (including phenoxy) is 1. The topological polar surface area (TPSA) is 87.7 Å². The summed E-state index contributed by atoms with van der Waals surface area (Å²) in [4.78, 5) is 38.1. The first-order valence-corrected chi connectivity index (χ1v) is 10.7. The third-order valence-electron chi connectivity index (χ3n) is 4.64. The van der Waals surface area contributed by atoms with E-state index in [0.29, 0.717) is 35.2 Å². The van der Waals surface area contributed by atoms with Gasteiger partial charge in [-0.3, -0.25) is 14.4 Å². The smallest absolute Gasteiger partial charge is 0.262 e. The molecule has 0 saturated carbocycles. The van der Waals surface area contributed by atoms with Crippen molar-refractivity contribution in [1.29, 1.82) is 0 Å². The lowest BCUT2D eigenvalue weighted by Crippen LogP contribution is -2.32. The molecule has 0 aliphatic carbocycles. The number of hydrogen-bond donors (Lipinski definition) is 2. The second kappa shape index (κ2) is 10.5. The van der Waals surface area contributed by atoms with Gasteiger partial charge in [-0.25, -0.2) is 0 Å². The molecule has 0 bridgehead atoms. The SMILES string of the molecule is C=CCNC(=O)[C@@H]1CC(=O)N(c2ccc(OCC(=O)Nc3ccc(Br)cc3Cl)cc2)C1. The maximum Gasteiger partial charge on any atom is 0.262 e. The molecule has 1 aliphatic heterocycles. The third kappa shape index (κ3) is 6.08. The van der Waals surface area contributed by atoms with Gasteiger partial charge in [0.25, 0.3) is 5.91 Å². The van der Waals surface area contributed by atoms with Crippen LogP contribution in [-0.4, -0.2) is 37.4 Å². The molecule has 3 rings (SSSR count). The van der Waals surface area contributed by atoms with E-state index in [-0.39, 0.29) is 30.7 Å². The zero-order valence-electron chi connectivity index (χ0n) is 16.6. The molecule has 0 aromatic heterocycles. The summed E-state index contributed by atoms with van der Waals surface area (Å²) in [5, 5.41) is 5.82. The summed E-state index contributed by atoms with van der Waals surface area (Å²) < 4.78 is 6.32. The van der Waals surface area contributed by atoms with Crippen LogP contribution in [-0.2, 0) is 14.4 Å². The van der Waals surface area contributed by atoms with Gasteiger partial charge in [0, 0.05) is 29.7 Å². The van der Waals surface area contributed by atoms with Gasteiger partial charge >= 0.3 is 0 Å². The first-order valence-electron chi connectivity index (χ1n) is 9.54. The number of carbonyl (C=O) groups excluding carboxylic acids is 3. The van der Waals surface area contributed by atoms with Crippen molar-refractivity contribution in [3.05, 3.63) is 64.6 Å². The van der Waals surface area contributed by atoms with E-state index in [9.17, 15) is 14.4 Å². The van der Waals surface area contributed by atoms with Gasteiger partial charge in [-0.2, -0.15) is 0 Å². The Morgan fingerprint density at radius 1 is 1.26 bits per heavy atom. The predicted octanol–water partition coefficient (Wildman–Crippen LogP) is 3.78. The molecule has 1 aliphatic rings. The third-order valence-corrected chi connectivity index (χ3v) is 5.45. The van der Waals surface area contributed by atoms with Gasteiger partial charge in [0.1, 0.15) is 5.75 Å². The van der Waals surface area contributed by atoms with Crippen molar-refractivity contribution in [1.82, 2.24) is 5.32 Å². The standard InChI is InChI=1S/C22H21BrClN3O4/c1-2-9-25-22(30)14-10-21(29)27(12-14)16-4-6-17(7-5-16)31-13-20(28)26-19-8-3-15(23)11-18(19)24/h2-8,11,14H,1,9-10,12-13H2,(H,25,30)(H,26,28)/t14-/m1/s1. The van der Waals surface area contributed by atoms with Crippen LogP contribution in [0.15, 0.2) is 59.6 Å². The zero-order chi connectivity index (χ0) is 22.4. The summed E-state index contributed by atoms with van der Waals surface area (Å²) >= 11 is 9.40. The quantitative estimate of drug-likeness (QED) is 0.534. The van der Waals surface area contributed by atoms with Crippen molar-refractivity contribution in [3.8, 4) is 5.75 Å². The van der Waals surface area contributed by atoms with Crippen LogP contribution in [0.25, 0.3) is 0 Å². The Kier molecular flexibility index (Phi) is 7.70. The molecule has 2 N–H and O–H groups in total. The van der Waals surface area contributed by atoms with Crippen LogP contribution >= 0.6 is 27.5 Å². The highest BCUT2D eigenvalue weighted by Gasteiger charge is 2.34. The van der Waals surface area contributed by atoms with Crippen molar-refractivity contribution in [3.63, 3.8) is 0 Å². The van der Waals surface area contributed by atoms with Crippen molar-refractivity contribution >= 4 is 56.6 Å². The number of hydrogen-bond acceptors (Lipinski definition) is 4. The Hall–Kier alpha value is -2.84. The van der Waals surface area contributed by atoms with Crippen LogP contribution in [0.5, 0.6) is 5.75 Å². The maximum atomic E-state index is 12.3. The number of amides is 3. The summed E-state index contributed by atoms with van der Waals surface area (Å²) in [6.07, 6.45) is 1.76. The summed E-state index contributed by atoms with van der Waals surface area (Å²) in [5.74, 6) is -0.535. The molecule has 3 amide bonds. The lowest BCUT2D eigenvalue weighted by molar-refractivity contribution is -0.126. The molecule has 162 valence electrons. The molecule has 7 nitrogen and oxygen atoms in total. The Balaban J connectivity index is 1.53. The van der Waals surface area contributed by atoms with E-state index in [2.05, 4.69) is 33.1 Å². The molecule has 0 unspecified atom stereocenters. The number of nitrogens with one attached hydrogen (secondary N) is 2. The highest BCUT2D eigenvalue weighted by Crippen LogP contribution is 2.28. The number of benzene rings is 2. The number of rotatable bonds is 8. The first kappa shape index (κ1) is 22.8. The van der Waals surface area contributed by atoms with E-state index in [1.54, 1.807) is 53.4 Å². The lowest BCUT2D eigenvalue weighted by Gasteiger charge is -2.17. The van der Waals surface area contributed by atoms with Crippen LogP contribution in [0, 0.1) is 5.92 Å². The van der Waals surface area contributed by atoms with Gasteiger partial charge in [-0.15, -0.1) is 6.58 Å². The highest BCUT2D eigenvalue weighted by atomic mass is 79.9. The molecule has 9 heteroatoms. The summed E-state index contributed by atoms with van der Waals surface area (Å²) in [6, 6.07) is 11.9. The van der Waals surface area contributed by atoms with Gasteiger partial charge in [0.15, 0.2) is 6.61 Å². The number of nitrogens with zero attached hydrogens (tertiary/aromatic N) is 1. The van der Waals surface area contributed by atoms with E-state index in [4.69, 9.17) is 16.3 Å². The van der Waals surface area contributed by atoms with E-state index in [1.807, 2.05) is 0 Å². The Morgan fingerprint density at radius 3 is 2.68 bits per heavy atom. The van der Waals surface area contributed by atoms with E-state index >= 15 is 0 Å². The van der Waals surface area contributed by atoms with Gasteiger partial charge in [-0.05, 0) is 42.5 Å². The molecule has 1 saturated heterocycles. The first-order chi connectivity index (χ1) is 14.9. The molecule has 2 aromatic rings. The van der Waals surface area contributed by atoms with E-state index < -0.39 is 5.92 Å². The van der Waals surface area contributed by atoms with Crippen LogP contribution < -0.4 is 20.3 Å². The van der Waals surface area contributed by atoms with E-state index in [0.717, 1.165) is 4.47 Å². The fraction of sp³-hybridized carbons (Fsp3) is 0.227. The van der Waals surface area contributed by atoms with Crippen molar-refractivity contribution in [2.75, 3.05) is 29.9 Å². The van der Waals surface area contributed by atoms with Crippen LogP contribution in [0.3, 0.4) is 0 Å². The largest absolute Gasteiger partial charge is 0.484 e. The molecule has 1 fully saturated rings. The second-order valence-electron chi connectivity index (χ2n) is 6.89. The fourth-order valence-corrected chi connectivity index (χ4v) is 3.82. The summed E-state index contributed by atoms with van der Waals surface area (Å²) in [5.41, 5.74) is 1.16. The Morgan fingerprint density at radius 2 is 2.00 bits per heavy atom. The number of carbonyl (C=O) groups is 3. The summed E-state index contributed by atoms with van der Waals surface area (Å²) in [7, 11) is 0. The molecule has 1 heterocycles.